The van der Waals surface area contributed by atoms with Gasteiger partial charge in [-0.1, -0.05) is 6.07 Å². The van der Waals surface area contributed by atoms with Gasteiger partial charge in [-0.3, -0.25) is 4.79 Å². The second-order valence-corrected chi connectivity index (χ2v) is 5.55. The number of anilines is 2. The van der Waals surface area contributed by atoms with Gasteiger partial charge in [0.2, 0.25) is 5.88 Å². The third-order valence-electron chi connectivity index (χ3n) is 3.69. The zero-order valence-corrected chi connectivity index (χ0v) is 14.1. The summed E-state index contributed by atoms with van der Waals surface area (Å²) in [6.45, 7) is 1.83. The number of esters is 1. The molecule has 132 valence electrons. The molecule has 2 aromatic rings. The van der Waals surface area contributed by atoms with Gasteiger partial charge in [0.25, 0.3) is 0 Å². The van der Waals surface area contributed by atoms with Crippen molar-refractivity contribution in [2.75, 3.05) is 18.5 Å². The number of carbonyl (C=O) groups is 1. The summed E-state index contributed by atoms with van der Waals surface area (Å²) < 4.78 is 15.4. The number of nitrogens with zero attached hydrogens (tertiary/aromatic N) is 2. The first-order chi connectivity index (χ1) is 12.6. The summed E-state index contributed by atoms with van der Waals surface area (Å²) in [6, 6.07) is 10.7. The van der Waals surface area contributed by atoms with Gasteiger partial charge in [0.05, 0.1) is 6.61 Å². The number of nitriles is 1. The van der Waals surface area contributed by atoms with Crippen LogP contribution in [-0.2, 0) is 20.8 Å². The summed E-state index contributed by atoms with van der Waals surface area (Å²) in [5.74, 6) is 0.249. The lowest BCUT2D eigenvalue weighted by molar-refractivity contribution is -0.141. The minimum atomic E-state index is -0.885. The van der Waals surface area contributed by atoms with Gasteiger partial charge in [-0.25, -0.2) is 0 Å². The predicted octanol–water partition coefficient (Wildman–Crippen LogP) is 0.856. The quantitative estimate of drug-likeness (QED) is 0.447. The maximum atomic E-state index is 10.8. The molecule has 26 heavy (non-hydrogen) atoms. The molecular weight excluding hydrogens is 337 g/mol. The smallest absolute Gasteiger partial charge is 0.473 e. The number of pyridine rings is 1. The Balaban J connectivity index is 1.71. The van der Waals surface area contributed by atoms with Crippen LogP contribution in [0.4, 0.5) is 11.5 Å². The van der Waals surface area contributed by atoms with Crippen LogP contribution in [0.1, 0.15) is 18.1 Å². The number of ether oxygens (including phenoxy) is 2. The Hall–Kier alpha value is -3.09. The third kappa shape index (κ3) is 4.11. The molecule has 2 heterocycles. The first kappa shape index (κ1) is 17.7. The van der Waals surface area contributed by atoms with E-state index in [1.165, 1.54) is 6.92 Å². The Morgan fingerprint density at radius 3 is 3.04 bits per heavy atom. The highest BCUT2D eigenvalue weighted by molar-refractivity contribution is 6.61. The Kier molecular flexibility index (Phi) is 5.36. The van der Waals surface area contributed by atoms with Crippen molar-refractivity contribution in [3.8, 4) is 11.9 Å². The molecule has 1 aromatic carbocycles. The number of fused-ring (bicyclic) bond motifs is 1. The summed E-state index contributed by atoms with van der Waals surface area (Å²) in [5.41, 5.74) is 2.69. The largest absolute Gasteiger partial charge is 0.491 e. The van der Waals surface area contributed by atoms with Crippen molar-refractivity contribution < 1.29 is 23.9 Å². The lowest BCUT2D eigenvalue weighted by atomic mass is 9.79. The van der Waals surface area contributed by atoms with Crippen molar-refractivity contribution in [2.24, 2.45) is 0 Å². The van der Waals surface area contributed by atoms with E-state index < -0.39 is 13.1 Å². The molecule has 8 nitrogen and oxygen atoms in total. The van der Waals surface area contributed by atoms with E-state index in [4.69, 9.17) is 19.4 Å². The SMILES string of the molecule is CC(=O)OCCOc1nc(Nc2ccc3c(c2)COB3O)ccc1C#N. The third-order valence-corrected chi connectivity index (χ3v) is 3.69. The van der Waals surface area contributed by atoms with E-state index in [1.807, 2.05) is 12.1 Å². The van der Waals surface area contributed by atoms with E-state index in [1.54, 1.807) is 24.3 Å². The fourth-order valence-corrected chi connectivity index (χ4v) is 2.48. The number of hydrogen-bond acceptors (Lipinski definition) is 8. The number of rotatable bonds is 6. The molecule has 0 saturated heterocycles. The first-order valence-corrected chi connectivity index (χ1v) is 7.93. The summed E-state index contributed by atoms with van der Waals surface area (Å²) >= 11 is 0. The predicted molar refractivity (Wildman–Crippen MR) is 93.2 cm³/mol. The zero-order chi connectivity index (χ0) is 18.5. The summed E-state index contributed by atoms with van der Waals surface area (Å²) in [7, 11) is -0.885. The molecular formula is C17H16BN3O5. The molecule has 0 atom stereocenters. The van der Waals surface area contributed by atoms with Gasteiger partial charge in [-0.2, -0.15) is 10.2 Å². The average Bonchev–Trinajstić information content (AvgIpc) is 2.99. The Labute approximate surface area is 150 Å². The first-order valence-electron chi connectivity index (χ1n) is 7.93. The minimum absolute atomic E-state index is 0.0761. The number of hydrogen-bond donors (Lipinski definition) is 2. The normalized spacial score (nSPS) is 12.3. The van der Waals surface area contributed by atoms with Gasteiger partial charge in [0.1, 0.15) is 30.7 Å². The Morgan fingerprint density at radius 2 is 2.27 bits per heavy atom. The molecule has 0 spiro atoms. The Bertz CT molecular complexity index is 868. The molecule has 1 aliphatic heterocycles. The minimum Gasteiger partial charge on any atom is -0.473 e. The van der Waals surface area contributed by atoms with Crippen molar-refractivity contribution in [1.29, 1.82) is 5.26 Å². The van der Waals surface area contributed by atoms with Crippen LogP contribution in [0.3, 0.4) is 0 Å². The number of carbonyl (C=O) groups excluding carboxylic acids is 1. The lowest BCUT2D eigenvalue weighted by Gasteiger charge is -2.11. The Morgan fingerprint density at radius 1 is 1.42 bits per heavy atom. The molecule has 1 aromatic heterocycles. The molecule has 0 fully saturated rings. The van der Waals surface area contributed by atoms with Gasteiger partial charge < -0.3 is 24.5 Å². The fourth-order valence-electron chi connectivity index (χ4n) is 2.48. The van der Waals surface area contributed by atoms with Crippen molar-refractivity contribution in [1.82, 2.24) is 4.98 Å². The molecule has 0 unspecified atom stereocenters. The van der Waals surface area contributed by atoms with Gasteiger partial charge in [-0.15, -0.1) is 0 Å². The highest BCUT2D eigenvalue weighted by Gasteiger charge is 2.27. The zero-order valence-electron chi connectivity index (χ0n) is 14.1. The van der Waals surface area contributed by atoms with Crippen LogP contribution < -0.4 is 15.5 Å². The summed E-state index contributed by atoms with van der Waals surface area (Å²) in [5, 5.41) is 21.9. The number of benzene rings is 1. The summed E-state index contributed by atoms with van der Waals surface area (Å²) in [6.07, 6.45) is 0. The summed E-state index contributed by atoms with van der Waals surface area (Å²) in [4.78, 5) is 15.0. The van der Waals surface area contributed by atoms with E-state index in [2.05, 4.69) is 10.3 Å². The van der Waals surface area contributed by atoms with Crippen LogP contribution in [-0.4, -0.2) is 36.3 Å². The van der Waals surface area contributed by atoms with Gasteiger partial charge in [0.15, 0.2) is 0 Å². The van der Waals surface area contributed by atoms with E-state index in [0.29, 0.717) is 12.4 Å². The monoisotopic (exact) mass is 353 g/mol. The average molecular weight is 353 g/mol. The topological polar surface area (TPSA) is 114 Å². The molecule has 3 rings (SSSR count). The number of aromatic nitrogens is 1. The molecule has 0 amide bonds. The second kappa shape index (κ2) is 7.86. The maximum absolute atomic E-state index is 10.8. The van der Waals surface area contributed by atoms with E-state index in [9.17, 15) is 9.82 Å². The van der Waals surface area contributed by atoms with Crippen LogP contribution in [0.5, 0.6) is 5.88 Å². The van der Waals surface area contributed by atoms with Crippen LogP contribution in [0.2, 0.25) is 0 Å². The van der Waals surface area contributed by atoms with Gasteiger partial charge in [0, 0.05) is 12.6 Å². The second-order valence-electron chi connectivity index (χ2n) is 5.55. The van der Waals surface area contributed by atoms with Crippen LogP contribution in [0, 0.1) is 11.3 Å². The molecule has 0 aliphatic carbocycles. The van der Waals surface area contributed by atoms with Crippen molar-refractivity contribution in [3.63, 3.8) is 0 Å². The van der Waals surface area contributed by atoms with Crippen LogP contribution >= 0.6 is 0 Å². The van der Waals surface area contributed by atoms with Crippen molar-refractivity contribution in [3.05, 3.63) is 41.5 Å². The van der Waals surface area contributed by atoms with Crippen molar-refractivity contribution >= 4 is 30.1 Å². The van der Waals surface area contributed by atoms with Gasteiger partial charge in [-0.05, 0) is 35.3 Å². The standard InChI is InChI=1S/C17H16BN3O5/c1-11(22)24-6-7-25-17-12(9-19)2-5-16(21-17)20-14-3-4-15-13(8-14)10-26-18(15)23/h2-5,8,23H,6-7,10H2,1H3,(H,20,21). The molecule has 0 radical (unpaired) electrons. The molecule has 9 heteroatoms. The van der Waals surface area contributed by atoms with Gasteiger partial charge >= 0.3 is 13.1 Å². The molecule has 0 bridgehead atoms. The maximum Gasteiger partial charge on any atom is 0.491 e. The van der Waals surface area contributed by atoms with Crippen LogP contribution in [0.15, 0.2) is 30.3 Å². The molecule has 2 N–H and O–H groups in total. The highest BCUT2D eigenvalue weighted by atomic mass is 16.6. The molecule has 1 aliphatic rings. The van der Waals surface area contributed by atoms with E-state index in [-0.39, 0.29) is 24.7 Å². The molecule has 0 saturated carbocycles. The van der Waals surface area contributed by atoms with E-state index >= 15 is 0 Å². The van der Waals surface area contributed by atoms with E-state index in [0.717, 1.165) is 16.7 Å². The lowest BCUT2D eigenvalue weighted by Crippen LogP contribution is -2.27. The number of nitrogens with one attached hydrogen (secondary N) is 1. The highest BCUT2D eigenvalue weighted by Crippen LogP contribution is 2.22. The fraction of sp³-hybridized carbons (Fsp3) is 0.235. The van der Waals surface area contributed by atoms with Crippen LogP contribution in [0.25, 0.3) is 0 Å². The van der Waals surface area contributed by atoms with Crippen molar-refractivity contribution in [2.45, 2.75) is 13.5 Å².